The molecule has 1 N–H and O–H groups in total. The molecule has 21 heavy (non-hydrogen) atoms. The number of likely N-dealkylation sites (N-methyl/N-ethyl adjacent to an activating group) is 1. The summed E-state index contributed by atoms with van der Waals surface area (Å²) >= 11 is 2.85. The van der Waals surface area contributed by atoms with E-state index >= 15 is 0 Å². The van der Waals surface area contributed by atoms with Gasteiger partial charge in [0.15, 0.2) is 4.34 Å². The van der Waals surface area contributed by atoms with E-state index in [1.54, 1.807) is 5.51 Å². The Morgan fingerprint density at radius 1 is 1.38 bits per heavy atom. The number of nitrogens with one attached hydrogen (secondary N) is 1. The average molecular weight is 322 g/mol. The smallest absolute Gasteiger partial charge is 0.230 e. The molecular weight excluding hydrogens is 304 g/mol. The molecule has 2 aromatic rings. The lowest BCUT2D eigenvalue weighted by Crippen LogP contribution is -2.35. The van der Waals surface area contributed by atoms with Gasteiger partial charge in [-0.1, -0.05) is 53.4 Å². The lowest BCUT2D eigenvalue weighted by molar-refractivity contribution is -0.118. The van der Waals surface area contributed by atoms with Gasteiger partial charge < -0.3 is 10.2 Å². The van der Waals surface area contributed by atoms with Gasteiger partial charge >= 0.3 is 0 Å². The number of aromatic nitrogens is 2. The molecular formula is C14H18N4OS2. The monoisotopic (exact) mass is 322 g/mol. The van der Waals surface area contributed by atoms with Crippen molar-refractivity contribution in [3.05, 3.63) is 41.4 Å². The number of hydrogen-bond acceptors (Lipinski definition) is 6. The first-order valence-corrected chi connectivity index (χ1v) is 8.40. The molecule has 0 saturated carbocycles. The van der Waals surface area contributed by atoms with Gasteiger partial charge in [0.2, 0.25) is 5.91 Å². The number of thioether (sulfide) groups is 1. The molecule has 1 amide bonds. The number of carbonyl (C=O) groups is 1. The van der Waals surface area contributed by atoms with Gasteiger partial charge in [0.1, 0.15) is 5.51 Å². The zero-order valence-corrected chi connectivity index (χ0v) is 13.7. The fraction of sp³-hybridized carbons (Fsp3) is 0.357. The molecule has 5 nitrogen and oxygen atoms in total. The van der Waals surface area contributed by atoms with Crippen molar-refractivity contribution in [1.82, 2.24) is 20.4 Å². The van der Waals surface area contributed by atoms with Crippen molar-refractivity contribution in [2.24, 2.45) is 0 Å². The third-order valence-electron chi connectivity index (χ3n) is 2.97. The van der Waals surface area contributed by atoms with Crippen LogP contribution in [0.3, 0.4) is 0 Å². The summed E-state index contributed by atoms with van der Waals surface area (Å²) in [6.45, 7) is 0.590. The second-order valence-electron chi connectivity index (χ2n) is 4.69. The Morgan fingerprint density at radius 3 is 2.76 bits per heavy atom. The van der Waals surface area contributed by atoms with E-state index in [-0.39, 0.29) is 11.9 Å². The Kier molecular flexibility index (Phi) is 6.16. The Bertz CT molecular complexity index is 545. The summed E-state index contributed by atoms with van der Waals surface area (Å²) in [5.74, 6) is 0.377. The van der Waals surface area contributed by atoms with E-state index in [0.29, 0.717) is 12.3 Å². The highest BCUT2D eigenvalue weighted by molar-refractivity contribution is 8.01. The minimum absolute atomic E-state index is 0.0120. The van der Waals surface area contributed by atoms with E-state index in [4.69, 9.17) is 0 Å². The minimum Gasteiger partial charge on any atom is -0.353 e. The van der Waals surface area contributed by atoms with E-state index in [1.807, 2.05) is 32.3 Å². The fourth-order valence-corrected chi connectivity index (χ4v) is 3.21. The van der Waals surface area contributed by atoms with Gasteiger partial charge in [0.05, 0.1) is 11.8 Å². The molecule has 1 aromatic heterocycles. The van der Waals surface area contributed by atoms with Crippen LogP contribution in [0.5, 0.6) is 0 Å². The maximum atomic E-state index is 11.9. The number of nitrogens with zero attached hydrogens (tertiary/aromatic N) is 3. The summed E-state index contributed by atoms with van der Waals surface area (Å²) in [5, 5.41) is 10.6. The van der Waals surface area contributed by atoms with Crippen molar-refractivity contribution < 1.29 is 4.79 Å². The first-order chi connectivity index (χ1) is 10.2. The molecule has 0 radical (unpaired) electrons. The highest BCUT2D eigenvalue weighted by Crippen LogP contribution is 2.19. The molecule has 0 spiro atoms. The third-order valence-corrected chi connectivity index (χ3v) is 4.83. The van der Waals surface area contributed by atoms with Crippen LogP contribution < -0.4 is 5.32 Å². The molecule has 1 aromatic carbocycles. The molecule has 0 fully saturated rings. The molecule has 112 valence electrons. The van der Waals surface area contributed by atoms with Crippen molar-refractivity contribution in [2.75, 3.05) is 26.4 Å². The van der Waals surface area contributed by atoms with Crippen molar-refractivity contribution >= 4 is 29.0 Å². The van der Waals surface area contributed by atoms with E-state index in [0.717, 1.165) is 4.34 Å². The van der Waals surface area contributed by atoms with Gasteiger partial charge in [-0.2, -0.15) is 0 Å². The van der Waals surface area contributed by atoms with E-state index in [9.17, 15) is 4.79 Å². The third kappa shape index (κ3) is 5.11. The van der Waals surface area contributed by atoms with Crippen LogP contribution in [0.15, 0.2) is 40.2 Å². The summed E-state index contributed by atoms with van der Waals surface area (Å²) in [4.78, 5) is 14.0. The van der Waals surface area contributed by atoms with Crippen LogP contribution >= 0.6 is 23.1 Å². The predicted molar refractivity (Wildman–Crippen MR) is 86.5 cm³/mol. The largest absolute Gasteiger partial charge is 0.353 e. The normalized spacial score (nSPS) is 12.3. The second kappa shape index (κ2) is 8.11. The maximum Gasteiger partial charge on any atom is 0.230 e. The molecule has 1 atom stereocenters. The Morgan fingerprint density at radius 2 is 2.14 bits per heavy atom. The summed E-state index contributed by atoms with van der Waals surface area (Å²) in [7, 11) is 4.03. The van der Waals surface area contributed by atoms with Crippen LogP contribution in [-0.2, 0) is 4.79 Å². The summed E-state index contributed by atoms with van der Waals surface area (Å²) < 4.78 is 0.817. The van der Waals surface area contributed by atoms with E-state index in [1.165, 1.54) is 28.7 Å². The molecule has 0 aliphatic rings. The van der Waals surface area contributed by atoms with Crippen LogP contribution in [0.2, 0.25) is 0 Å². The predicted octanol–water partition coefficient (Wildman–Crippen LogP) is 2.05. The SMILES string of the molecule is CN(C)C(CNC(=O)CSc1nncs1)c1ccccc1. The van der Waals surface area contributed by atoms with Crippen molar-refractivity contribution in [1.29, 1.82) is 0 Å². The number of hydrogen-bond donors (Lipinski definition) is 1. The van der Waals surface area contributed by atoms with Crippen molar-refractivity contribution in [3.8, 4) is 0 Å². The lowest BCUT2D eigenvalue weighted by Gasteiger charge is -2.25. The van der Waals surface area contributed by atoms with E-state index in [2.05, 4.69) is 32.5 Å². The highest BCUT2D eigenvalue weighted by atomic mass is 32.2. The molecule has 0 saturated heterocycles. The molecule has 1 unspecified atom stereocenters. The first kappa shape index (κ1) is 15.9. The van der Waals surface area contributed by atoms with Crippen LogP contribution in [-0.4, -0.2) is 47.4 Å². The molecule has 7 heteroatoms. The summed E-state index contributed by atoms with van der Waals surface area (Å²) in [6, 6.07) is 10.3. The van der Waals surface area contributed by atoms with Crippen LogP contribution in [0.1, 0.15) is 11.6 Å². The van der Waals surface area contributed by atoms with Gasteiger partial charge in [0.25, 0.3) is 0 Å². The Hall–Kier alpha value is -1.44. The maximum absolute atomic E-state index is 11.9. The standard InChI is InChI=1S/C14H18N4OS2/c1-18(2)12(11-6-4-3-5-7-11)8-15-13(19)9-20-14-17-16-10-21-14/h3-7,10,12H,8-9H2,1-2H3,(H,15,19). The van der Waals surface area contributed by atoms with Crippen LogP contribution in [0, 0.1) is 0 Å². The number of benzene rings is 1. The zero-order chi connectivity index (χ0) is 15.1. The van der Waals surface area contributed by atoms with Gasteiger partial charge in [-0.3, -0.25) is 4.79 Å². The van der Waals surface area contributed by atoms with Gasteiger partial charge in [0, 0.05) is 6.54 Å². The molecule has 0 aliphatic heterocycles. The zero-order valence-electron chi connectivity index (χ0n) is 12.0. The number of amides is 1. The van der Waals surface area contributed by atoms with Crippen molar-refractivity contribution in [3.63, 3.8) is 0 Å². The fourth-order valence-electron chi connectivity index (χ4n) is 1.89. The second-order valence-corrected chi connectivity index (χ2v) is 6.74. The van der Waals surface area contributed by atoms with Crippen LogP contribution in [0.4, 0.5) is 0 Å². The number of rotatable bonds is 7. The van der Waals surface area contributed by atoms with E-state index < -0.39 is 0 Å². The summed E-state index contributed by atoms with van der Waals surface area (Å²) in [5.41, 5.74) is 2.86. The van der Waals surface area contributed by atoms with Crippen LogP contribution in [0.25, 0.3) is 0 Å². The lowest BCUT2D eigenvalue weighted by atomic mass is 10.1. The van der Waals surface area contributed by atoms with Gasteiger partial charge in [-0.05, 0) is 19.7 Å². The topological polar surface area (TPSA) is 58.1 Å². The molecule has 2 rings (SSSR count). The molecule has 1 heterocycles. The first-order valence-electron chi connectivity index (χ1n) is 6.54. The summed E-state index contributed by atoms with van der Waals surface area (Å²) in [6.07, 6.45) is 0. The Balaban J connectivity index is 1.83. The van der Waals surface area contributed by atoms with Crippen molar-refractivity contribution in [2.45, 2.75) is 10.4 Å². The average Bonchev–Trinajstić information content (AvgIpc) is 2.99. The minimum atomic E-state index is 0.0120. The number of carbonyl (C=O) groups excluding carboxylic acids is 1. The quantitative estimate of drug-likeness (QED) is 0.791. The van der Waals surface area contributed by atoms with Gasteiger partial charge in [-0.25, -0.2) is 0 Å². The van der Waals surface area contributed by atoms with Gasteiger partial charge in [-0.15, -0.1) is 10.2 Å². The molecule has 0 aliphatic carbocycles. The Labute approximate surface area is 132 Å². The molecule has 0 bridgehead atoms. The highest BCUT2D eigenvalue weighted by Gasteiger charge is 2.15.